The molecule has 0 radical (unpaired) electrons. The Kier molecular flexibility index (Phi) is 4.99. The molecule has 2 N–H and O–H groups in total. The Morgan fingerprint density at radius 3 is 2.15 bits per heavy atom. The first-order valence-corrected chi connectivity index (χ1v) is 7.96. The first-order valence-electron chi connectivity index (χ1n) is 7.96. The largest absolute Gasteiger partial charge is 0.497 e. The predicted molar refractivity (Wildman–Crippen MR) is 99.8 cm³/mol. The Morgan fingerprint density at radius 1 is 0.885 bits per heavy atom. The second-order valence-electron chi connectivity index (χ2n) is 5.61. The molecule has 1 amide bonds. The number of carbonyl (C=O) groups is 2. The van der Waals surface area contributed by atoms with E-state index in [-0.39, 0.29) is 17.2 Å². The van der Waals surface area contributed by atoms with Crippen LogP contribution < -0.4 is 10.1 Å². The number of benzene rings is 3. The van der Waals surface area contributed by atoms with E-state index in [0.29, 0.717) is 11.3 Å². The summed E-state index contributed by atoms with van der Waals surface area (Å²) in [5.41, 5.74) is 2.69. The highest BCUT2D eigenvalue weighted by Crippen LogP contribution is 2.24. The molecule has 0 aromatic heterocycles. The molecule has 0 unspecified atom stereocenters. The highest BCUT2D eigenvalue weighted by atomic mass is 16.5. The van der Waals surface area contributed by atoms with E-state index in [2.05, 4.69) is 5.32 Å². The van der Waals surface area contributed by atoms with Crippen LogP contribution in [0.1, 0.15) is 20.7 Å². The molecule has 26 heavy (non-hydrogen) atoms. The summed E-state index contributed by atoms with van der Waals surface area (Å²) in [6.07, 6.45) is 0. The van der Waals surface area contributed by atoms with Crippen LogP contribution in [0.5, 0.6) is 5.75 Å². The van der Waals surface area contributed by atoms with E-state index in [1.54, 1.807) is 18.2 Å². The average molecular weight is 347 g/mol. The summed E-state index contributed by atoms with van der Waals surface area (Å²) in [5, 5.41) is 12.0. The van der Waals surface area contributed by atoms with Crippen molar-refractivity contribution in [2.45, 2.75) is 0 Å². The number of hydrogen-bond acceptors (Lipinski definition) is 3. The number of carboxylic acids is 1. The molecule has 0 aliphatic heterocycles. The molecule has 0 saturated heterocycles. The van der Waals surface area contributed by atoms with Crippen molar-refractivity contribution >= 4 is 17.6 Å². The van der Waals surface area contributed by atoms with E-state index in [1.807, 2.05) is 42.5 Å². The maximum Gasteiger partial charge on any atom is 0.337 e. The highest BCUT2D eigenvalue weighted by molar-refractivity contribution is 6.08. The SMILES string of the molecule is COc1ccc(NC(=O)c2ccc(-c3ccccc3)cc2)c(C(=O)O)c1. The molecule has 0 fully saturated rings. The van der Waals surface area contributed by atoms with Gasteiger partial charge < -0.3 is 15.2 Å². The van der Waals surface area contributed by atoms with Crippen LogP contribution in [0.15, 0.2) is 72.8 Å². The van der Waals surface area contributed by atoms with Crippen molar-refractivity contribution in [1.82, 2.24) is 0 Å². The van der Waals surface area contributed by atoms with Crippen LogP contribution in [0.2, 0.25) is 0 Å². The van der Waals surface area contributed by atoms with Crippen molar-refractivity contribution in [3.05, 3.63) is 83.9 Å². The molecule has 0 bridgehead atoms. The lowest BCUT2D eigenvalue weighted by Crippen LogP contribution is -2.14. The van der Waals surface area contributed by atoms with Crippen molar-refractivity contribution in [2.75, 3.05) is 12.4 Å². The summed E-state index contributed by atoms with van der Waals surface area (Å²) >= 11 is 0. The normalized spacial score (nSPS) is 10.2. The number of carbonyl (C=O) groups excluding carboxylic acids is 1. The van der Waals surface area contributed by atoms with Gasteiger partial charge in [-0.05, 0) is 41.5 Å². The fourth-order valence-corrected chi connectivity index (χ4v) is 2.58. The number of nitrogens with one attached hydrogen (secondary N) is 1. The van der Waals surface area contributed by atoms with Crippen LogP contribution in [0.4, 0.5) is 5.69 Å². The lowest BCUT2D eigenvalue weighted by Gasteiger charge is -2.10. The Hall–Kier alpha value is -3.60. The first-order chi connectivity index (χ1) is 12.6. The van der Waals surface area contributed by atoms with E-state index < -0.39 is 5.97 Å². The molecule has 0 spiro atoms. The topological polar surface area (TPSA) is 75.6 Å². The summed E-state index contributed by atoms with van der Waals surface area (Å²) < 4.78 is 5.03. The van der Waals surface area contributed by atoms with Gasteiger partial charge in [-0.1, -0.05) is 42.5 Å². The number of anilines is 1. The van der Waals surface area contributed by atoms with E-state index in [0.717, 1.165) is 11.1 Å². The molecule has 5 nitrogen and oxygen atoms in total. The Bertz CT molecular complexity index is 934. The second kappa shape index (κ2) is 7.53. The number of carboxylic acid groups (broad SMARTS) is 1. The summed E-state index contributed by atoms with van der Waals surface area (Å²) in [7, 11) is 1.45. The summed E-state index contributed by atoms with van der Waals surface area (Å²) in [6.45, 7) is 0. The average Bonchev–Trinajstić information content (AvgIpc) is 2.69. The van der Waals surface area contributed by atoms with Crippen molar-refractivity contribution in [1.29, 1.82) is 0 Å². The minimum Gasteiger partial charge on any atom is -0.497 e. The van der Waals surface area contributed by atoms with Gasteiger partial charge in [-0.2, -0.15) is 0 Å². The summed E-state index contributed by atoms with van der Waals surface area (Å²) in [5.74, 6) is -1.11. The van der Waals surface area contributed by atoms with E-state index in [4.69, 9.17) is 4.74 Å². The van der Waals surface area contributed by atoms with Gasteiger partial charge in [-0.15, -0.1) is 0 Å². The number of hydrogen-bond donors (Lipinski definition) is 2. The molecule has 3 rings (SSSR count). The third kappa shape index (κ3) is 3.72. The van der Waals surface area contributed by atoms with Crippen LogP contribution in [0, 0.1) is 0 Å². The van der Waals surface area contributed by atoms with Crippen LogP contribution in [0.3, 0.4) is 0 Å². The Morgan fingerprint density at radius 2 is 1.54 bits per heavy atom. The van der Waals surface area contributed by atoms with Crippen LogP contribution in [-0.2, 0) is 0 Å². The van der Waals surface area contributed by atoms with Crippen molar-refractivity contribution in [2.24, 2.45) is 0 Å². The van der Waals surface area contributed by atoms with Crippen molar-refractivity contribution < 1.29 is 19.4 Å². The smallest absolute Gasteiger partial charge is 0.337 e. The molecule has 0 heterocycles. The van der Waals surface area contributed by atoms with Crippen LogP contribution >= 0.6 is 0 Å². The highest BCUT2D eigenvalue weighted by Gasteiger charge is 2.15. The zero-order chi connectivity index (χ0) is 18.5. The zero-order valence-electron chi connectivity index (χ0n) is 14.1. The van der Waals surface area contributed by atoms with Gasteiger partial charge in [0.1, 0.15) is 5.75 Å². The van der Waals surface area contributed by atoms with Crippen LogP contribution in [0.25, 0.3) is 11.1 Å². The first kappa shape index (κ1) is 17.2. The van der Waals surface area contributed by atoms with Gasteiger partial charge in [0, 0.05) is 5.56 Å². The fourth-order valence-electron chi connectivity index (χ4n) is 2.58. The molecule has 5 heteroatoms. The molecular formula is C21H17NO4. The van der Waals surface area contributed by atoms with Gasteiger partial charge in [0.25, 0.3) is 5.91 Å². The Labute approximate surface area is 150 Å². The number of aromatic carboxylic acids is 1. The molecule has 3 aromatic carbocycles. The van der Waals surface area contributed by atoms with E-state index >= 15 is 0 Å². The lowest BCUT2D eigenvalue weighted by molar-refractivity contribution is 0.0697. The Balaban J connectivity index is 1.81. The fraction of sp³-hybridized carbons (Fsp3) is 0.0476. The van der Waals surface area contributed by atoms with E-state index in [9.17, 15) is 14.7 Å². The maximum atomic E-state index is 12.5. The molecule has 0 atom stereocenters. The number of methoxy groups -OCH3 is 1. The third-order valence-electron chi connectivity index (χ3n) is 3.96. The summed E-state index contributed by atoms with van der Waals surface area (Å²) in [4.78, 5) is 23.9. The molecule has 130 valence electrons. The second-order valence-corrected chi connectivity index (χ2v) is 5.61. The number of rotatable bonds is 5. The monoisotopic (exact) mass is 347 g/mol. The maximum absolute atomic E-state index is 12.5. The zero-order valence-corrected chi connectivity index (χ0v) is 14.1. The van der Waals surface area contributed by atoms with Gasteiger partial charge in [-0.25, -0.2) is 4.79 Å². The van der Waals surface area contributed by atoms with Gasteiger partial charge in [-0.3, -0.25) is 4.79 Å². The van der Waals surface area contributed by atoms with Crippen LogP contribution in [-0.4, -0.2) is 24.1 Å². The number of amides is 1. The predicted octanol–water partition coefficient (Wildman–Crippen LogP) is 4.31. The molecule has 0 saturated carbocycles. The molecule has 0 aliphatic carbocycles. The number of ether oxygens (including phenoxy) is 1. The summed E-state index contributed by atoms with van der Waals surface area (Å²) in [6, 6.07) is 21.4. The van der Waals surface area contributed by atoms with Crippen molar-refractivity contribution in [3.63, 3.8) is 0 Å². The molecule has 0 aliphatic rings. The molecular weight excluding hydrogens is 330 g/mol. The third-order valence-corrected chi connectivity index (χ3v) is 3.96. The van der Waals surface area contributed by atoms with Crippen molar-refractivity contribution in [3.8, 4) is 16.9 Å². The van der Waals surface area contributed by atoms with Gasteiger partial charge >= 0.3 is 5.97 Å². The molecule has 3 aromatic rings. The van der Waals surface area contributed by atoms with Gasteiger partial charge in [0.05, 0.1) is 18.4 Å². The van der Waals surface area contributed by atoms with Gasteiger partial charge in [0.15, 0.2) is 0 Å². The van der Waals surface area contributed by atoms with Gasteiger partial charge in [0.2, 0.25) is 0 Å². The quantitative estimate of drug-likeness (QED) is 0.721. The standard InChI is InChI=1S/C21H17NO4/c1-26-17-11-12-19(18(13-17)21(24)25)22-20(23)16-9-7-15(8-10-16)14-5-3-2-4-6-14/h2-13H,1H3,(H,22,23)(H,24,25). The minimum atomic E-state index is -1.14. The lowest BCUT2D eigenvalue weighted by atomic mass is 10.0. The minimum absolute atomic E-state index is 0.0291. The van der Waals surface area contributed by atoms with E-state index in [1.165, 1.54) is 19.2 Å².